The number of amides is 1. The van der Waals surface area contributed by atoms with Crippen molar-refractivity contribution >= 4 is 44.1 Å². The standard InChI is InChI=1S/C29H23ClFN3O3S/c30-23-10-13-25(14-11-23)38(36,37)33-24-12-15-27-22(16-24)17-28(29(35)32-18-20-6-2-1-3-7-20)34(27)19-21-8-4-5-9-26(21)31/h1-17,33H,18-19H2,(H,32,35). The van der Waals surface area contributed by atoms with Crippen LogP contribution in [-0.4, -0.2) is 18.9 Å². The molecule has 0 fully saturated rings. The van der Waals surface area contributed by atoms with Gasteiger partial charge in [0.15, 0.2) is 0 Å². The van der Waals surface area contributed by atoms with Gasteiger partial charge in [-0.15, -0.1) is 0 Å². The lowest BCUT2D eigenvalue weighted by Gasteiger charge is -2.13. The highest BCUT2D eigenvalue weighted by molar-refractivity contribution is 7.92. The van der Waals surface area contributed by atoms with Crippen molar-refractivity contribution in [1.29, 1.82) is 0 Å². The summed E-state index contributed by atoms with van der Waals surface area (Å²) >= 11 is 5.88. The van der Waals surface area contributed by atoms with Gasteiger partial charge in [-0.05, 0) is 60.2 Å². The number of rotatable bonds is 8. The van der Waals surface area contributed by atoms with Crippen molar-refractivity contribution in [3.05, 3.63) is 131 Å². The number of aromatic nitrogens is 1. The number of benzene rings is 4. The SMILES string of the molecule is O=C(NCc1ccccc1)c1cc2cc(NS(=O)(=O)c3ccc(Cl)cc3)ccc2n1Cc1ccccc1F. The van der Waals surface area contributed by atoms with Crippen molar-refractivity contribution in [2.75, 3.05) is 4.72 Å². The predicted octanol–water partition coefficient (Wildman–Crippen LogP) is 6.21. The molecule has 38 heavy (non-hydrogen) atoms. The summed E-state index contributed by atoms with van der Waals surface area (Å²) in [5.41, 5.74) is 2.68. The van der Waals surface area contributed by atoms with Gasteiger partial charge < -0.3 is 9.88 Å². The number of carbonyl (C=O) groups is 1. The molecule has 9 heteroatoms. The van der Waals surface area contributed by atoms with E-state index in [1.165, 1.54) is 30.3 Å². The summed E-state index contributed by atoms with van der Waals surface area (Å²) in [6.07, 6.45) is 0. The molecule has 4 aromatic carbocycles. The smallest absolute Gasteiger partial charge is 0.268 e. The first kappa shape index (κ1) is 25.5. The van der Waals surface area contributed by atoms with Gasteiger partial charge in [0, 0.05) is 33.7 Å². The van der Waals surface area contributed by atoms with Crippen LogP contribution < -0.4 is 10.0 Å². The van der Waals surface area contributed by atoms with Crippen LogP contribution >= 0.6 is 11.6 Å². The minimum atomic E-state index is -3.86. The van der Waals surface area contributed by atoms with Crippen molar-refractivity contribution < 1.29 is 17.6 Å². The molecular formula is C29H23ClFN3O3S. The zero-order valence-corrected chi connectivity index (χ0v) is 21.6. The second-order valence-corrected chi connectivity index (χ2v) is 10.8. The van der Waals surface area contributed by atoms with Crippen molar-refractivity contribution in [2.24, 2.45) is 0 Å². The molecule has 192 valence electrons. The van der Waals surface area contributed by atoms with E-state index in [1.54, 1.807) is 47.0 Å². The molecule has 5 rings (SSSR count). The van der Waals surface area contributed by atoms with Crippen molar-refractivity contribution in [3.63, 3.8) is 0 Å². The molecule has 1 amide bonds. The molecule has 0 saturated carbocycles. The normalized spacial score (nSPS) is 11.4. The summed E-state index contributed by atoms with van der Waals surface area (Å²) in [7, 11) is -3.86. The second kappa shape index (κ2) is 10.7. The number of nitrogens with zero attached hydrogens (tertiary/aromatic N) is 1. The third kappa shape index (κ3) is 5.56. The topological polar surface area (TPSA) is 80.2 Å². The number of hydrogen-bond donors (Lipinski definition) is 2. The van der Waals surface area contributed by atoms with E-state index in [9.17, 15) is 17.6 Å². The summed E-state index contributed by atoms with van der Waals surface area (Å²) in [6.45, 7) is 0.452. The molecule has 5 aromatic rings. The molecular weight excluding hydrogens is 525 g/mol. The van der Waals surface area contributed by atoms with E-state index >= 15 is 0 Å². The van der Waals surface area contributed by atoms with Gasteiger partial charge in [-0.3, -0.25) is 9.52 Å². The summed E-state index contributed by atoms with van der Waals surface area (Å²) in [6, 6.07) is 28.4. The molecule has 0 saturated heterocycles. The minimum absolute atomic E-state index is 0.0695. The summed E-state index contributed by atoms with van der Waals surface area (Å²) in [5.74, 6) is -0.706. The molecule has 1 aromatic heterocycles. The van der Waals surface area contributed by atoms with E-state index in [2.05, 4.69) is 10.0 Å². The van der Waals surface area contributed by atoms with Gasteiger partial charge in [-0.1, -0.05) is 60.1 Å². The minimum Gasteiger partial charge on any atom is -0.347 e. The Balaban J connectivity index is 1.49. The number of halogens is 2. The number of sulfonamides is 1. The zero-order chi connectivity index (χ0) is 26.7. The maximum Gasteiger partial charge on any atom is 0.268 e. The Bertz CT molecular complexity index is 1720. The Hall–Kier alpha value is -4.14. The van der Waals surface area contributed by atoms with E-state index in [-0.39, 0.29) is 23.2 Å². The monoisotopic (exact) mass is 547 g/mol. The van der Waals surface area contributed by atoms with Gasteiger partial charge in [0.05, 0.1) is 11.4 Å². The number of hydrogen-bond acceptors (Lipinski definition) is 3. The Morgan fingerprint density at radius 3 is 2.32 bits per heavy atom. The van der Waals surface area contributed by atoms with Gasteiger partial charge in [0.1, 0.15) is 11.5 Å². The van der Waals surface area contributed by atoms with Gasteiger partial charge in [-0.25, -0.2) is 12.8 Å². The lowest BCUT2D eigenvalue weighted by molar-refractivity contribution is 0.0942. The first-order chi connectivity index (χ1) is 18.3. The highest BCUT2D eigenvalue weighted by Gasteiger charge is 2.19. The van der Waals surface area contributed by atoms with E-state index < -0.39 is 10.0 Å². The fourth-order valence-electron chi connectivity index (χ4n) is 4.19. The Kier molecular flexibility index (Phi) is 7.18. The largest absolute Gasteiger partial charge is 0.347 e. The number of nitrogens with one attached hydrogen (secondary N) is 2. The van der Waals surface area contributed by atoms with Crippen LogP contribution in [0.15, 0.2) is 108 Å². The van der Waals surface area contributed by atoms with Gasteiger partial charge >= 0.3 is 0 Å². The molecule has 0 aliphatic heterocycles. The average Bonchev–Trinajstić information content (AvgIpc) is 3.26. The molecule has 0 aliphatic rings. The molecule has 0 radical (unpaired) electrons. The van der Waals surface area contributed by atoms with Crippen molar-refractivity contribution in [3.8, 4) is 0 Å². The van der Waals surface area contributed by atoms with Crippen LogP contribution in [0.3, 0.4) is 0 Å². The molecule has 0 bridgehead atoms. The number of carbonyl (C=O) groups excluding carboxylic acids is 1. The number of anilines is 1. The molecule has 0 spiro atoms. The fraction of sp³-hybridized carbons (Fsp3) is 0.0690. The Morgan fingerprint density at radius 1 is 0.868 bits per heavy atom. The van der Waals surface area contributed by atoms with Gasteiger partial charge in [0.25, 0.3) is 15.9 Å². The van der Waals surface area contributed by atoms with Crippen LogP contribution in [-0.2, 0) is 23.1 Å². The lowest BCUT2D eigenvalue weighted by Crippen LogP contribution is -2.25. The summed E-state index contributed by atoms with van der Waals surface area (Å²) in [4.78, 5) is 13.3. The molecule has 6 nitrogen and oxygen atoms in total. The van der Waals surface area contributed by atoms with Crippen LogP contribution in [0.2, 0.25) is 5.02 Å². The summed E-state index contributed by atoms with van der Waals surface area (Å²) < 4.78 is 44.5. The molecule has 0 atom stereocenters. The van der Waals surface area contributed by atoms with Crippen molar-refractivity contribution in [1.82, 2.24) is 9.88 Å². The first-order valence-corrected chi connectivity index (χ1v) is 13.6. The molecule has 1 heterocycles. The highest BCUT2D eigenvalue weighted by Crippen LogP contribution is 2.27. The fourth-order valence-corrected chi connectivity index (χ4v) is 5.36. The van der Waals surface area contributed by atoms with E-state index in [1.807, 2.05) is 30.3 Å². The molecule has 0 unspecified atom stereocenters. The van der Waals surface area contributed by atoms with Gasteiger partial charge in [0.2, 0.25) is 0 Å². The predicted molar refractivity (Wildman–Crippen MR) is 147 cm³/mol. The maximum atomic E-state index is 14.5. The lowest BCUT2D eigenvalue weighted by atomic mass is 10.2. The number of fused-ring (bicyclic) bond motifs is 1. The molecule has 2 N–H and O–H groups in total. The average molecular weight is 548 g/mol. The van der Waals surface area contributed by atoms with E-state index in [0.29, 0.717) is 39.4 Å². The van der Waals surface area contributed by atoms with E-state index in [4.69, 9.17) is 11.6 Å². The van der Waals surface area contributed by atoms with Crippen LogP contribution in [0.4, 0.5) is 10.1 Å². The Labute approximate surface area is 224 Å². The highest BCUT2D eigenvalue weighted by atomic mass is 35.5. The third-order valence-electron chi connectivity index (χ3n) is 6.09. The molecule has 0 aliphatic carbocycles. The first-order valence-electron chi connectivity index (χ1n) is 11.8. The third-order valence-corrected chi connectivity index (χ3v) is 7.74. The van der Waals surface area contributed by atoms with Crippen LogP contribution in [0.1, 0.15) is 21.6 Å². The summed E-state index contributed by atoms with van der Waals surface area (Å²) in [5, 5.41) is 3.98. The quantitative estimate of drug-likeness (QED) is 0.242. The van der Waals surface area contributed by atoms with Crippen LogP contribution in [0, 0.1) is 5.82 Å². The maximum absolute atomic E-state index is 14.5. The van der Waals surface area contributed by atoms with Crippen molar-refractivity contribution in [2.45, 2.75) is 18.0 Å². The van der Waals surface area contributed by atoms with E-state index in [0.717, 1.165) is 5.56 Å². The van der Waals surface area contributed by atoms with Crippen LogP contribution in [0.5, 0.6) is 0 Å². The Morgan fingerprint density at radius 2 is 1.58 bits per heavy atom. The zero-order valence-electron chi connectivity index (χ0n) is 20.1. The second-order valence-electron chi connectivity index (χ2n) is 8.71. The van der Waals surface area contributed by atoms with Gasteiger partial charge in [-0.2, -0.15) is 0 Å². The van der Waals surface area contributed by atoms with Crippen LogP contribution in [0.25, 0.3) is 10.9 Å².